The highest BCUT2D eigenvalue weighted by atomic mass is 35.5. The van der Waals surface area contributed by atoms with Crippen molar-refractivity contribution in [3.8, 4) is 0 Å². The molecule has 2 N–H and O–H groups in total. The molecule has 0 aromatic carbocycles. The zero-order chi connectivity index (χ0) is 5.98. The lowest BCUT2D eigenvalue weighted by Gasteiger charge is -2.09. The molecule has 2 atom stereocenters. The van der Waals surface area contributed by atoms with E-state index in [0.717, 1.165) is 13.0 Å². The van der Waals surface area contributed by atoms with E-state index in [0.29, 0.717) is 18.6 Å². The summed E-state index contributed by atoms with van der Waals surface area (Å²) in [4.78, 5) is 0. The van der Waals surface area contributed by atoms with E-state index in [4.69, 9.17) is 5.11 Å². The van der Waals surface area contributed by atoms with Gasteiger partial charge in [0.1, 0.15) is 0 Å². The molecule has 3 heteroatoms. The molecular weight excluding hydrogens is 138 g/mol. The number of rotatable bonds is 1. The highest BCUT2D eigenvalue weighted by molar-refractivity contribution is 5.85. The summed E-state index contributed by atoms with van der Waals surface area (Å²) in [6.07, 6.45) is 1.14. The maximum atomic E-state index is 8.70. The second-order valence-electron chi connectivity index (χ2n) is 2.47. The third kappa shape index (κ3) is 2.12. The normalized spacial score (nSPS) is 34.0. The molecule has 1 rings (SSSR count). The molecule has 0 aliphatic carbocycles. The average molecular weight is 152 g/mol. The summed E-state index contributed by atoms with van der Waals surface area (Å²) in [5, 5.41) is 12.0. The summed E-state index contributed by atoms with van der Waals surface area (Å²) < 4.78 is 0. The van der Waals surface area contributed by atoms with Gasteiger partial charge >= 0.3 is 0 Å². The highest BCUT2D eigenvalue weighted by Crippen LogP contribution is 2.12. The van der Waals surface area contributed by atoms with Gasteiger partial charge in [-0.3, -0.25) is 0 Å². The predicted octanol–water partition coefficient (Wildman–Crippen LogP) is 0.398. The maximum Gasteiger partial charge on any atom is 0.0474 e. The zero-order valence-corrected chi connectivity index (χ0v) is 6.45. The minimum absolute atomic E-state index is 0. The van der Waals surface area contributed by atoms with Crippen molar-refractivity contribution in [2.75, 3.05) is 13.2 Å². The Labute approximate surface area is 62.1 Å². The Hall–Kier alpha value is 0.210. The summed E-state index contributed by atoms with van der Waals surface area (Å²) in [5.41, 5.74) is 0. The van der Waals surface area contributed by atoms with E-state index in [-0.39, 0.29) is 12.4 Å². The van der Waals surface area contributed by atoms with Crippen molar-refractivity contribution in [2.45, 2.75) is 19.4 Å². The lowest BCUT2D eigenvalue weighted by molar-refractivity contribution is 0.218. The molecule has 0 spiro atoms. The summed E-state index contributed by atoms with van der Waals surface area (Å²) in [5.74, 6) is 0.509. The van der Waals surface area contributed by atoms with Crippen LogP contribution in [-0.4, -0.2) is 24.3 Å². The van der Waals surface area contributed by atoms with Crippen molar-refractivity contribution in [2.24, 2.45) is 5.92 Å². The van der Waals surface area contributed by atoms with Crippen LogP contribution >= 0.6 is 12.4 Å². The van der Waals surface area contributed by atoms with Crippen LogP contribution in [0.15, 0.2) is 0 Å². The topological polar surface area (TPSA) is 32.3 Å². The first-order valence-electron chi connectivity index (χ1n) is 3.19. The maximum absolute atomic E-state index is 8.70. The molecule has 0 saturated carbocycles. The fourth-order valence-electron chi connectivity index (χ4n) is 1.16. The number of halogens is 1. The Bertz CT molecular complexity index is 79.5. The smallest absolute Gasteiger partial charge is 0.0474 e. The van der Waals surface area contributed by atoms with Gasteiger partial charge in [-0.1, -0.05) is 0 Å². The van der Waals surface area contributed by atoms with Gasteiger partial charge in [0, 0.05) is 12.6 Å². The summed E-state index contributed by atoms with van der Waals surface area (Å²) in [6.45, 7) is 3.54. The van der Waals surface area contributed by atoms with E-state index < -0.39 is 0 Å². The molecule has 1 saturated heterocycles. The molecule has 1 heterocycles. The monoisotopic (exact) mass is 151 g/mol. The summed E-state index contributed by atoms with van der Waals surface area (Å²) >= 11 is 0. The first-order valence-corrected chi connectivity index (χ1v) is 3.19. The van der Waals surface area contributed by atoms with Gasteiger partial charge < -0.3 is 10.4 Å². The van der Waals surface area contributed by atoms with Crippen LogP contribution in [0.1, 0.15) is 13.3 Å². The lowest BCUT2D eigenvalue weighted by Crippen LogP contribution is -2.24. The van der Waals surface area contributed by atoms with Crippen molar-refractivity contribution in [1.29, 1.82) is 0 Å². The van der Waals surface area contributed by atoms with E-state index in [1.807, 2.05) is 0 Å². The molecule has 0 radical (unpaired) electrons. The van der Waals surface area contributed by atoms with E-state index >= 15 is 0 Å². The van der Waals surface area contributed by atoms with Gasteiger partial charge in [-0.2, -0.15) is 0 Å². The standard InChI is InChI=1S/C6H13NO.ClH/c1-5-6(4-8)2-3-7-5;/h5-8H,2-4H2,1H3;1H/t5-,6+;/m1./s1. The lowest BCUT2D eigenvalue weighted by atomic mass is 10.0. The van der Waals surface area contributed by atoms with Crippen LogP contribution in [0.4, 0.5) is 0 Å². The average Bonchev–Trinajstić information content (AvgIpc) is 2.14. The third-order valence-electron chi connectivity index (χ3n) is 1.92. The van der Waals surface area contributed by atoms with Crippen LogP contribution in [0, 0.1) is 5.92 Å². The van der Waals surface area contributed by atoms with Crippen molar-refractivity contribution < 1.29 is 5.11 Å². The molecule has 2 nitrogen and oxygen atoms in total. The molecule has 1 fully saturated rings. The van der Waals surface area contributed by atoms with E-state index in [1.165, 1.54) is 0 Å². The van der Waals surface area contributed by atoms with Crippen LogP contribution in [-0.2, 0) is 0 Å². The molecule has 1 aliphatic heterocycles. The fraction of sp³-hybridized carbons (Fsp3) is 1.00. The van der Waals surface area contributed by atoms with E-state index in [1.54, 1.807) is 0 Å². The summed E-state index contributed by atoms with van der Waals surface area (Å²) in [6, 6.07) is 0.528. The molecule has 1 aliphatic rings. The van der Waals surface area contributed by atoms with Crippen LogP contribution in [0.3, 0.4) is 0 Å². The van der Waals surface area contributed by atoms with Gasteiger partial charge in [-0.25, -0.2) is 0 Å². The third-order valence-corrected chi connectivity index (χ3v) is 1.92. The van der Waals surface area contributed by atoms with Crippen molar-refractivity contribution in [3.05, 3.63) is 0 Å². The fourth-order valence-corrected chi connectivity index (χ4v) is 1.16. The molecule has 0 aromatic heterocycles. The molecule has 0 aromatic rings. The van der Waals surface area contributed by atoms with Crippen molar-refractivity contribution in [1.82, 2.24) is 5.32 Å². The Balaban J connectivity index is 0.000000640. The quantitative estimate of drug-likeness (QED) is 0.569. The van der Waals surface area contributed by atoms with Crippen LogP contribution in [0.25, 0.3) is 0 Å². The molecule has 56 valence electrons. The first kappa shape index (κ1) is 9.21. The SMILES string of the molecule is C[C@H]1NCC[C@H]1CO.Cl. The van der Waals surface area contributed by atoms with E-state index in [9.17, 15) is 0 Å². The highest BCUT2D eigenvalue weighted by Gasteiger charge is 2.20. The predicted molar refractivity (Wildman–Crippen MR) is 39.9 cm³/mol. The molecule has 0 bridgehead atoms. The zero-order valence-electron chi connectivity index (χ0n) is 5.63. The van der Waals surface area contributed by atoms with Gasteiger partial charge in [0.05, 0.1) is 0 Å². The van der Waals surface area contributed by atoms with Gasteiger partial charge in [-0.15, -0.1) is 12.4 Å². The number of hydrogen-bond acceptors (Lipinski definition) is 2. The van der Waals surface area contributed by atoms with Crippen molar-refractivity contribution >= 4 is 12.4 Å². The van der Waals surface area contributed by atoms with Gasteiger partial charge in [-0.05, 0) is 25.8 Å². The van der Waals surface area contributed by atoms with Crippen LogP contribution in [0.2, 0.25) is 0 Å². The minimum Gasteiger partial charge on any atom is -0.396 e. The second kappa shape index (κ2) is 4.09. The largest absolute Gasteiger partial charge is 0.396 e. The molecular formula is C6H14ClNO. The molecule has 0 unspecified atom stereocenters. The van der Waals surface area contributed by atoms with Gasteiger partial charge in [0.2, 0.25) is 0 Å². The Morgan fingerprint density at radius 1 is 1.67 bits per heavy atom. The Morgan fingerprint density at radius 3 is 2.56 bits per heavy atom. The van der Waals surface area contributed by atoms with Crippen LogP contribution < -0.4 is 5.32 Å². The first-order chi connectivity index (χ1) is 3.84. The second-order valence-corrected chi connectivity index (χ2v) is 2.47. The van der Waals surface area contributed by atoms with Gasteiger partial charge in [0.15, 0.2) is 0 Å². The molecule has 0 amide bonds. The molecule has 9 heavy (non-hydrogen) atoms. The van der Waals surface area contributed by atoms with Gasteiger partial charge in [0.25, 0.3) is 0 Å². The summed E-state index contributed by atoms with van der Waals surface area (Å²) in [7, 11) is 0. The number of hydrogen-bond donors (Lipinski definition) is 2. The van der Waals surface area contributed by atoms with Crippen LogP contribution in [0.5, 0.6) is 0 Å². The number of nitrogens with one attached hydrogen (secondary N) is 1. The van der Waals surface area contributed by atoms with Crippen molar-refractivity contribution in [3.63, 3.8) is 0 Å². The Kier molecular flexibility index (Phi) is 4.19. The Morgan fingerprint density at radius 2 is 2.33 bits per heavy atom. The number of aliphatic hydroxyl groups is 1. The van der Waals surface area contributed by atoms with E-state index in [2.05, 4.69) is 12.2 Å². The minimum atomic E-state index is 0. The number of aliphatic hydroxyl groups excluding tert-OH is 1.